The quantitative estimate of drug-likeness (QED) is 0.143. The maximum Gasteiger partial charge on any atom is 0.203 e. The lowest BCUT2D eigenvalue weighted by Gasteiger charge is -2.39. The lowest BCUT2D eigenvalue weighted by molar-refractivity contribution is -0.205. The van der Waals surface area contributed by atoms with Gasteiger partial charge in [-0.05, 0) is 0 Å². The molecule has 23 heavy (non-hydrogen) atoms. The summed E-state index contributed by atoms with van der Waals surface area (Å²) in [6, 6.07) is 0. The highest BCUT2D eigenvalue weighted by Crippen LogP contribution is 2.30. The molecular formula is C11H18NO9S2-. The van der Waals surface area contributed by atoms with Gasteiger partial charge in [0.2, 0.25) is 10.3 Å². The van der Waals surface area contributed by atoms with E-state index in [9.17, 15) is 33.4 Å². The Morgan fingerprint density at radius 3 is 2.43 bits per heavy atom. The number of aliphatic hydroxyl groups is 5. The van der Waals surface area contributed by atoms with Crippen molar-refractivity contribution in [2.75, 3.05) is 6.61 Å². The molecule has 1 aliphatic heterocycles. The van der Waals surface area contributed by atoms with Crippen molar-refractivity contribution in [3.63, 3.8) is 0 Å². The topological polar surface area (TPSA) is 180 Å². The molecule has 12 heteroatoms. The third kappa shape index (κ3) is 6.10. The Bertz CT molecular complexity index is 536. The van der Waals surface area contributed by atoms with Crippen LogP contribution in [0.15, 0.2) is 17.1 Å². The molecule has 0 aliphatic carbocycles. The van der Waals surface area contributed by atoms with Gasteiger partial charge >= 0.3 is 0 Å². The second-order valence-electron chi connectivity index (χ2n) is 4.74. The second kappa shape index (κ2) is 8.50. The molecule has 6 atom stereocenters. The Morgan fingerprint density at radius 1 is 1.35 bits per heavy atom. The molecule has 0 aromatic rings. The van der Waals surface area contributed by atoms with Crippen LogP contribution in [-0.4, -0.2) is 86.1 Å². The van der Waals surface area contributed by atoms with Crippen LogP contribution in [0.4, 0.5) is 0 Å². The molecule has 0 amide bonds. The molecule has 1 rings (SSSR count). The van der Waals surface area contributed by atoms with Gasteiger partial charge in [0.25, 0.3) is 0 Å². The third-order valence-corrected chi connectivity index (χ3v) is 4.68. The van der Waals surface area contributed by atoms with Gasteiger partial charge in [-0.1, -0.05) is 17.8 Å². The highest BCUT2D eigenvalue weighted by Gasteiger charge is 2.44. The highest BCUT2D eigenvalue weighted by molar-refractivity contribution is 8.14. The van der Waals surface area contributed by atoms with E-state index in [1.165, 1.54) is 0 Å². The molecule has 5 N–H and O–H groups in total. The Morgan fingerprint density at radius 2 is 1.96 bits per heavy atom. The standard InChI is InChI=1S/C11H19NO9S2/c1-2-5(14)3-7(12-23(18,19)20)22-11-10(17)9(16)8(15)6(4-13)21-11/h2,5-6,8-11,13-17H,1,3-4H2,(H,18,19,20)/p-1/t5?,6-,8-,9+,10-,11+/m1/s1. The molecule has 0 spiro atoms. The fourth-order valence-electron chi connectivity index (χ4n) is 1.79. The van der Waals surface area contributed by atoms with Gasteiger partial charge in [-0.25, -0.2) is 8.42 Å². The second-order valence-corrected chi connectivity index (χ2v) is 6.94. The molecule has 1 saturated heterocycles. The number of thioether (sulfide) groups is 1. The number of aliphatic hydroxyl groups excluding tert-OH is 5. The number of hydrogen-bond donors (Lipinski definition) is 5. The molecule has 0 aromatic carbocycles. The Labute approximate surface area is 137 Å². The first-order valence-electron chi connectivity index (χ1n) is 6.41. The van der Waals surface area contributed by atoms with Crippen LogP contribution in [0.3, 0.4) is 0 Å². The smallest absolute Gasteiger partial charge is 0.203 e. The van der Waals surface area contributed by atoms with Crippen LogP contribution in [0, 0.1) is 0 Å². The fourth-order valence-corrected chi connectivity index (χ4v) is 3.60. The Hall–Kier alpha value is -0.570. The van der Waals surface area contributed by atoms with E-state index in [1.54, 1.807) is 0 Å². The normalized spacial score (nSPS) is 34.2. The maximum absolute atomic E-state index is 10.8. The number of nitrogens with zero attached hydrogens (tertiary/aromatic N) is 1. The van der Waals surface area contributed by atoms with Crippen LogP contribution in [-0.2, 0) is 15.0 Å². The summed E-state index contributed by atoms with van der Waals surface area (Å²) >= 11 is 0.478. The molecule has 0 radical (unpaired) electrons. The first kappa shape index (κ1) is 20.5. The lowest BCUT2D eigenvalue weighted by Crippen LogP contribution is -2.57. The van der Waals surface area contributed by atoms with Crippen molar-refractivity contribution in [3.05, 3.63) is 12.7 Å². The summed E-state index contributed by atoms with van der Waals surface area (Å²) in [6.45, 7) is 2.63. The zero-order valence-electron chi connectivity index (χ0n) is 11.8. The molecule has 1 heterocycles. The number of ether oxygens (including phenoxy) is 1. The van der Waals surface area contributed by atoms with E-state index in [0.717, 1.165) is 6.08 Å². The average Bonchev–Trinajstić information content (AvgIpc) is 2.45. The van der Waals surface area contributed by atoms with Crippen molar-refractivity contribution in [3.8, 4) is 0 Å². The summed E-state index contributed by atoms with van der Waals surface area (Å²) in [7, 11) is -5.02. The molecule has 134 valence electrons. The highest BCUT2D eigenvalue weighted by atomic mass is 32.2. The maximum atomic E-state index is 10.8. The van der Waals surface area contributed by atoms with E-state index in [2.05, 4.69) is 11.0 Å². The zero-order chi connectivity index (χ0) is 17.8. The van der Waals surface area contributed by atoms with E-state index >= 15 is 0 Å². The summed E-state index contributed by atoms with van der Waals surface area (Å²) in [5, 5.41) is 47.3. The average molecular weight is 372 g/mol. The Balaban J connectivity index is 2.97. The van der Waals surface area contributed by atoms with Crippen LogP contribution in [0.5, 0.6) is 0 Å². The summed E-state index contributed by atoms with van der Waals surface area (Å²) in [4.78, 5) is 0. The fraction of sp³-hybridized carbons (Fsp3) is 0.727. The molecular weight excluding hydrogens is 354 g/mol. The van der Waals surface area contributed by atoms with Gasteiger partial charge in [0.1, 0.15) is 29.9 Å². The molecule has 0 aromatic heterocycles. The van der Waals surface area contributed by atoms with E-state index in [1.807, 2.05) is 0 Å². The van der Waals surface area contributed by atoms with Crippen molar-refractivity contribution >= 4 is 27.1 Å². The summed E-state index contributed by atoms with van der Waals surface area (Å²) < 4.78 is 40.4. The minimum Gasteiger partial charge on any atom is -0.730 e. The number of rotatable bonds is 6. The van der Waals surface area contributed by atoms with Crippen LogP contribution in [0.25, 0.3) is 0 Å². The number of hydrogen-bond acceptors (Lipinski definition) is 10. The van der Waals surface area contributed by atoms with Gasteiger partial charge in [-0.3, -0.25) is 0 Å². The SMILES string of the molecule is C=CC(O)CC(=NS(=O)(=O)[O-])S[C@@H]1O[C@H](CO)[C@@H](O)[C@H](O)[C@H]1O. The predicted octanol–water partition coefficient (Wildman–Crippen LogP) is -2.68. The zero-order valence-corrected chi connectivity index (χ0v) is 13.4. The van der Waals surface area contributed by atoms with Gasteiger partial charge < -0.3 is 34.8 Å². The van der Waals surface area contributed by atoms with E-state index < -0.39 is 52.9 Å². The van der Waals surface area contributed by atoms with E-state index in [-0.39, 0.29) is 11.5 Å². The lowest BCUT2D eigenvalue weighted by atomic mass is 10.0. The summed E-state index contributed by atoms with van der Waals surface area (Å²) in [6.07, 6.45) is -6.57. The van der Waals surface area contributed by atoms with Gasteiger partial charge in [-0.2, -0.15) is 4.40 Å². The first-order valence-corrected chi connectivity index (χ1v) is 8.66. The van der Waals surface area contributed by atoms with Crippen LogP contribution in [0.1, 0.15) is 6.42 Å². The first-order chi connectivity index (χ1) is 10.6. The van der Waals surface area contributed by atoms with Crippen LogP contribution < -0.4 is 0 Å². The molecule has 0 bridgehead atoms. The van der Waals surface area contributed by atoms with Gasteiger partial charge in [0.05, 0.1) is 17.8 Å². The summed E-state index contributed by atoms with van der Waals surface area (Å²) in [5.41, 5.74) is -1.32. The largest absolute Gasteiger partial charge is 0.730 e. The third-order valence-electron chi connectivity index (χ3n) is 2.97. The van der Waals surface area contributed by atoms with E-state index in [4.69, 9.17) is 9.84 Å². The molecule has 1 fully saturated rings. The molecule has 1 unspecified atom stereocenters. The Kier molecular flexibility index (Phi) is 7.57. The van der Waals surface area contributed by atoms with Crippen molar-refractivity contribution in [2.24, 2.45) is 4.40 Å². The van der Waals surface area contributed by atoms with Crippen LogP contribution in [0.2, 0.25) is 0 Å². The minimum atomic E-state index is -5.02. The van der Waals surface area contributed by atoms with Crippen molar-refractivity contribution < 1.29 is 43.2 Å². The van der Waals surface area contributed by atoms with Gasteiger partial charge in [0, 0.05) is 6.42 Å². The van der Waals surface area contributed by atoms with Gasteiger partial charge in [0.15, 0.2) is 0 Å². The molecule has 0 saturated carbocycles. The van der Waals surface area contributed by atoms with Crippen molar-refractivity contribution in [2.45, 2.75) is 42.4 Å². The molecule has 1 aliphatic rings. The minimum absolute atomic E-state index is 0.378. The molecule has 10 nitrogen and oxygen atoms in total. The monoisotopic (exact) mass is 372 g/mol. The van der Waals surface area contributed by atoms with Crippen molar-refractivity contribution in [1.82, 2.24) is 0 Å². The predicted molar refractivity (Wildman–Crippen MR) is 79.3 cm³/mol. The van der Waals surface area contributed by atoms with Gasteiger partial charge in [-0.15, -0.1) is 6.58 Å². The van der Waals surface area contributed by atoms with Crippen LogP contribution >= 0.6 is 11.8 Å². The van der Waals surface area contributed by atoms with E-state index in [0.29, 0.717) is 11.8 Å². The summed E-state index contributed by atoms with van der Waals surface area (Å²) in [5.74, 6) is 0. The van der Waals surface area contributed by atoms with Crippen molar-refractivity contribution in [1.29, 1.82) is 0 Å².